The standard InChI is InChI=1S/C21H21N3O5/c1-27-13-5-6-15(17(9-13)28-2)24-11-22-20-14(10-19(26)23-21(20)24)12-4-7-16(25)18(8-12)29-3/h4-9,11,14,25H,10H2,1-3H3,(H,23,26). The molecule has 3 aromatic rings. The molecule has 2 aromatic carbocycles. The third-order valence-corrected chi connectivity index (χ3v) is 5.03. The van der Waals surface area contributed by atoms with Gasteiger partial charge < -0.3 is 24.6 Å². The number of amides is 1. The molecular weight excluding hydrogens is 374 g/mol. The Balaban J connectivity index is 1.81. The average molecular weight is 395 g/mol. The van der Waals surface area contributed by atoms with Crippen LogP contribution in [0.2, 0.25) is 0 Å². The number of hydrogen-bond donors (Lipinski definition) is 2. The molecule has 1 unspecified atom stereocenters. The van der Waals surface area contributed by atoms with Gasteiger partial charge in [0.1, 0.15) is 23.6 Å². The fraction of sp³-hybridized carbons (Fsp3) is 0.238. The summed E-state index contributed by atoms with van der Waals surface area (Å²) in [6.07, 6.45) is 1.91. The monoisotopic (exact) mass is 395 g/mol. The molecule has 0 spiro atoms. The number of methoxy groups -OCH3 is 3. The van der Waals surface area contributed by atoms with Crippen LogP contribution in [-0.4, -0.2) is 41.9 Å². The van der Waals surface area contributed by atoms with Crippen molar-refractivity contribution in [3.63, 3.8) is 0 Å². The number of carbonyl (C=O) groups is 1. The van der Waals surface area contributed by atoms with Crippen LogP contribution in [0.25, 0.3) is 5.69 Å². The molecule has 0 saturated heterocycles. The predicted molar refractivity (Wildman–Crippen MR) is 106 cm³/mol. The Bertz CT molecular complexity index is 1080. The molecule has 4 rings (SSSR count). The minimum atomic E-state index is -0.265. The number of benzene rings is 2. The number of nitrogens with one attached hydrogen (secondary N) is 1. The van der Waals surface area contributed by atoms with Gasteiger partial charge in [0.05, 0.1) is 32.7 Å². The van der Waals surface area contributed by atoms with Crippen molar-refractivity contribution in [1.29, 1.82) is 0 Å². The maximum Gasteiger partial charge on any atom is 0.226 e. The lowest BCUT2D eigenvalue weighted by Crippen LogP contribution is -2.25. The molecule has 1 atom stereocenters. The predicted octanol–water partition coefficient (Wildman–Crippen LogP) is 3.08. The van der Waals surface area contributed by atoms with E-state index >= 15 is 0 Å². The lowest BCUT2D eigenvalue weighted by molar-refractivity contribution is -0.116. The second-order valence-corrected chi connectivity index (χ2v) is 6.62. The summed E-state index contributed by atoms with van der Waals surface area (Å²) in [6, 6.07) is 10.5. The third-order valence-electron chi connectivity index (χ3n) is 5.03. The van der Waals surface area contributed by atoms with Crippen molar-refractivity contribution in [3.05, 3.63) is 54.0 Å². The van der Waals surface area contributed by atoms with Gasteiger partial charge in [-0.1, -0.05) is 6.07 Å². The van der Waals surface area contributed by atoms with E-state index in [0.717, 1.165) is 16.9 Å². The zero-order valence-corrected chi connectivity index (χ0v) is 16.3. The van der Waals surface area contributed by atoms with E-state index in [4.69, 9.17) is 14.2 Å². The van der Waals surface area contributed by atoms with Crippen molar-refractivity contribution >= 4 is 11.7 Å². The number of phenols is 1. The first-order chi connectivity index (χ1) is 14.0. The molecule has 0 fully saturated rings. The molecular formula is C21H21N3O5. The van der Waals surface area contributed by atoms with Gasteiger partial charge in [0.15, 0.2) is 11.5 Å². The Morgan fingerprint density at radius 1 is 1.07 bits per heavy atom. The fourth-order valence-electron chi connectivity index (χ4n) is 3.56. The van der Waals surface area contributed by atoms with Crippen LogP contribution in [0.3, 0.4) is 0 Å². The van der Waals surface area contributed by atoms with E-state index in [1.165, 1.54) is 7.11 Å². The molecule has 0 saturated carbocycles. The molecule has 1 aromatic heterocycles. The lowest BCUT2D eigenvalue weighted by atomic mass is 9.89. The molecule has 2 heterocycles. The van der Waals surface area contributed by atoms with Gasteiger partial charge in [0, 0.05) is 18.4 Å². The van der Waals surface area contributed by atoms with E-state index in [1.807, 2.05) is 12.1 Å². The highest BCUT2D eigenvalue weighted by molar-refractivity contribution is 5.94. The summed E-state index contributed by atoms with van der Waals surface area (Å²) >= 11 is 0. The van der Waals surface area contributed by atoms with Gasteiger partial charge in [-0.15, -0.1) is 0 Å². The smallest absolute Gasteiger partial charge is 0.226 e. The zero-order valence-electron chi connectivity index (χ0n) is 16.3. The van der Waals surface area contributed by atoms with Crippen molar-refractivity contribution in [2.24, 2.45) is 0 Å². The van der Waals surface area contributed by atoms with Gasteiger partial charge in [-0.3, -0.25) is 9.36 Å². The van der Waals surface area contributed by atoms with Crippen molar-refractivity contribution in [2.75, 3.05) is 26.6 Å². The highest BCUT2D eigenvalue weighted by Crippen LogP contribution is 2.41. The second kappa shape index (κ2) is 7.38. The number of hydrogen-bond acceptors (Lipinski definition) is 6. The van der Waals surface area contributed by atoms with Crippen molar-refractivity contribution in [2.45, 2.75) is 12.3 Å². The topological polar surface area (TPSA) is 94.8 Å². The number of rotatable bonds is 5. The first-order valence-electron chi connectivity index (χ1n) is 9.02. The molecule has 8 nitrogen and oxygen atoms in total. The lowest BCUT2D eigenvalue weighted by Gasteiger charge is -2.24. The van der Waals surface area contributed by atoms with Crippen LogP contribution < -0.4 is 19.5 Å². The maximum atomic E-state index is 12.5. The average Bonchev–Trinajstić information content (AvgIpc) is 3.16. The van der Waals surface area contributed by atoms with Gasteiger partial charge in [0.2, 0.25) is 5.91 Å². The summed E-state index contributed by atoms with van der Waals surface area (Å²) in [6.45, 7) is 0. The Hall–Kier alpha value is -3.68. The molecule has 0 aliphatic carbocycles. The number of carbonyl (C=O) groups excluding carboxylic acids is 1. The molecule has 150 valence electrons. The molecule has 1 aliphatic rings. The van der Waals surface area contributed by atoms with Crippen LogP contribution in [0.15, 0.2) is 42.7 Å². The number of imidazole rings is 1. The number of aromatic hydroxyl groups is 1. The largest absolute Gasteiger partial charge is 0.504 e. The summed E-state index contributed by atoms with van der Waals surface area (Å²) in [7, 11) is 4.65. The second-order valence-electron chi connectivity index (χ2n) is 6.62. The van der Waals surface area contributed by atoms with Crippen molar-refractivity contribution in [1.82, 2.24) is 9.55 Å². The molecule has 0 bridgehead atoms. The molecule has 0 radical (unpaired) electrons. The number of fused-ring (bicyclic) bond motifs is 1. The highest BCUT2D eigenvalue weighted by atomic mass is 16.5. The van der Waals surface area contributed by atoms with E-state index in [2.05, 4.69) is 10.3 Å². The number of nitrogens with zero attached hydrogens (tertiary/aromatic N) is 2. The Morgan fingerprint density at radius 2 is 1.86 bits per heavy atom. The number of anilines is 1. The number of phenolic OH excluding ortho intramolecular Hbond substituents is 1. The summed E-state index contributed by atoms with van der Waals surface area (Å²) < 4.78 is 17.8. The Labute approximate surface area is 167 Å². The van der Waals surface area contributed by atoms with Crippen molar-refractivity contribution in [3.8, 4) is 28.7 Å². The molecule has 1 amide bonds. The molecule has 2 N–H and O–H groups in total. The Kier molecular flexibility index (Phi) is 4.75. The molecule has 29 heavy (non-hydrogen) atoms. The summed E-state index contributed by atoms with van der Waals surface area (Å²) in [4.78, 5) is 17.1. The van der Waals surface area contributed by atoms with E-state index < -0.39 is 0 Å². The Morgan fingerprint density at radius 3 is 2.59 bits per heavy atom. The molecule has 8 heteroatoms. The summed E-state index contributed by atoms with van der Waals surface area (Å²) in [5.74, 6) is 1.85. The number of aromatic nitrogens is 2. The van der Waals surface area contributed by atoms with Crippen molar-refractivity contribution < 1.29 is 24.1 Å². The zero-order chi connectivity index (χ0) is 20.5. The first kappa shape index (κ1) is 18.7. The normalized spacial score (nSPS) is 15.4. The molecule has 1 aliphatic heterocycles. The fourth-order valence-corrected chi connectivity index (χ4v) is 3.56. The highest BCUT2D eigenvalue weighted by Gasteiger charge is 2.32. The maximum absolute atomic E-state index is 12.5. The SMILES string of the molecule is COc1ccc(-n2cnc3c2NC(=O)CC3c2ccc(O)c(OC)c2)c(OC)c1. The van der Waals surface area contributed by atoms with E-state index in [9.17, 15) is 9.90 Å². The van der Waals surface area contributed by atoms with E-state index in [-0.39, 0.29) is 24.0 Å². The van der Waals surface area contributed by atoms with E-state index in [0.29, 0.717) is 23.1 Å². The van der Waals surface area contributed by atoms with Crippen LogP contribution in [0.1, 0.15) is 23.6 Å². The summed E-state index contributed by atoms with van der Waals surface area (Å²) in [5, 5.41) is 12.8. The van der Waals surface area contributed by atoms with Gasteiger partial charge in [0.25, 0.3) is 0 Å². The van der Waals surface area contributed by atoms with Gasteiger partial charge in [-0.05, 0) is 29.8 Å². The van der Waals surface area contributed by atoms with Crippen LogP contribution in [0.5, 0.6) is 23.0 Å². The van der Waals surface area contributed by atoms with Gasteiger partial charge in [-0.25, -0.2) is 4.98 Å². The van der Waals surface area contributed by atoms with Gasteiger partial charge >= 0.3 is 0 Å². The quantitative estimate of drug-likeness (QED) is 0.689. The van der Waals surface area contributed by atoms with Crippen LogP contribution in [0, 0.1) is 0 Å². The van der Waals surface area contributed by atoms with E-state index in [1.54, 1.807) is 49.4 Å². The van der Waals surface area contributed by atoms with Crippen LogP contribution >= 0.6 is 0 Å². The number of ether oxygens (including phenoxy) is 3. The third kappa shape index (κ3) is 3.22. The first-order valence-corrected chi connectivity index (χ1v) is 9.02. The van der Waals surface area contributed by atoms with Crippen LogP contribution in [-0.2, 0) is 4.79 Å². The minimum Gasteiger partial charge on any atom is -0.504 e. The summed E-state index contributed by atoms with van der Waals surface area (Å²) in [5.41, 5.74) is 2.30. The van der Waals surface area contributed by atoms with Gasteiger partial charge in [-0.2, -0.15) is 0 Å². The van der Waals surface area contributed by atoms with Crippen LogP contribution in [0.4, 0.5) is 5.82 Å². The minimum absolute atomic E-state index is 0.0465.